The van der Waals surface area contributed by atoms with Crippen molar-refractivity contribution in [3.05, 3.63) is 34.9 Å². The predicted octanol–water partition coefficient (Wildman–Crippen LogP) is 2.29. The lowest BCUT2D eigenvalue weighted by molar-refractivity contribution is 0.424. The topological polar surface area (TPSA) is 73.8 Å². The third-order valence-electron chi connectivity index (χ3n) is 3.33. The summed E-state index contributed by atoms with van der Waals surface area (Å²) in [5.41, 5.74) is 0.992. The smallest absolute Gasteiger partial charge is 0.211 e. The van der Waals surface area contributed by atoms with Crippen LogP contribution < -0.4 is 10.6 Å². The number of nitrogens with one attached hydrogen (secondary N) is 2. The Balaban J connectivity index is 0.00000529. The zero-order valence-corrected chi connectivity index (χ0v) is 18.2. The zero-order valence-electron chi connectivity index (χ0n) is 14.3. The largest absolute Gasteiger partial charge is 0.356 e. The Labute approximate surface area is 167 Å². The van der Waals surface area contributed by atoms with Crippen LogP contribution in [-0.2, 0) is 16.6 Å². The lowest BCUT2D eigenvalue weighted by atomic mass is 10.2. The minimum Gasteiger partial charge on any atom is -0.356 e. The summed E-state index contributed by atoms with van der Waals surface area (Å²) in [6, 6.07) is 7.62. The second-order valence-electron chi connectivity index (χ2n) is 5.05. The molecular weight excluding hydrogens is 463 g/mol. The van der Waals surface area contributed by atoms with Crippen molar-refractivity contribution in [1.29, 1.82) is 0 Å². The summed E-state index contributed by atoms with van der Waals surface area (Å²) >= 11 is 6.11. The van der Waals surface area contributed by atoms with E-state index in [9.17, 15) is 8.42 Å². The molecule has 0 aliphatic heterocycles. The van der Waals surface area contributed by atoms with Gasteiger partial charge in [-0.05, 0) is 18.1 Å². The van der Waals surface area contributed by atoms with Crippen molar-refractivity contribution in [2.24, 2.45) is 4.99 Å². The van der Waals surface area contributed by atoms with Gasteiger partial charge in [0.2, 0.25) is 10.0 Å². The van der Waals surface area contributed by atoms with E-state index in [1.165, 1.54) is 10.6 Å². The van der Waals surface area contributed by atoms with Crippen molar-refractivity contribution in [3.8, 4) is 0 Å². The van der Waals surface area contributed by atoms with Gasteiger partial charge in [0, 0.05) is 38.2 Å². The Hall–Kier alpha value is -0.580. The average Bonchev–Trinajstić information content (AvgIpc) is 2.50. The molecule has 0 aliphatic rings. The molecule has 9 heteroatoms. The van der Waals surface area contributed by atoms with Crippen LogP contribution in [0.2, 0.25) is 5.02 Å². The third kappa shape index (κ3) is 8.50. The molecule has 0 saturated heterocycles. The zero-order chi connectivity index (χ0) is 17.3. The third-order valence-corrected chi connectivity index (χ3v) is 5.07. The van der Waals surface area contributed by atoms with E-state index in [1.54, 1.807) is 7.05 Å². The molecule has 2 N–H and O–H groups in total. The molecule has 0 unspecified atom stereocenters. The minimum absolute atomic E-state index is 0. The van der Waals surface area contributed by atoms with Gasteiger partial charge >= 0.3 is 0 Å². The monoisotopic (exact) mass is 488 g/mol. The van der Waals surface area contributed by atoms with Gasteiger partial charge in [-0.25, -0.2) is 12.7 Å². The Morgan fingerprint density at radius 1 is 1.29 bits per heavy atom. The van der Waals surface area contributed by atoms with Crippen LogP contribution in [0.5, 0.6) is 0 Å². The SMILES string of the molecule is CCN(CCCNC(=NC)NCc1ccccc1Cl)S(C)(=O)=O.I. The normalized spacial score (nSPS) is 12.0. The second kappa shape index (κ2) is 11.9. The minimum atomic E-state index is -3.13. The molecule has 24 heavy (non-hydrogen) atoms. The van der Waals surface area contributed by atoms with Crippen LogP contribution in [0.3, 0.4) is 0 Å². The molecule has 6 nitrogen and oxygen atoms in total. The maximum Gasteiger partial charge on any atom is 0.211 e. The van der Waals surface area contributed by atoms with E-state index in [-0.39, 0.29) is 24.0 Å². The van der Waals surface area contributed by atoms with Gasteiger partial charge in [-0.15, -0.1) is 24.0 Å². The van der Waals surface area contributed by atoms with Crippen molar-refractivity contribution in [2.75, 3.05) is 32.9 Å². The highest BCUT2D eigenvalue weighted by Crippen LogP contribution is 2.14. The summed E-state index contributed by atoms with van der Waals surface area (Å²) < 4.78 is 24.4. The molecule has 0 bridgehead atoms. The lowest BCUT2D eigenvalue weighted by Gasteiger charge is -2.18. The maximum atomic E-state index is 11.5. The lowest BCUT2D eigenvalue weighted by Crippen LogP contribution is -2.39. The van der Waals surface area contributed by atoms with E-state index >= 15 is 0 Å². The predicted molar refractivity (Wildman–Crippen MR) is 112 cm³/mol. The average molecular weight is 489 g/mol. The van der Waals surface area contributed by atoms with Gasteiger partial charge in [-0.3, -0.25) is 4.99 Å². The Kier molecular flexibility index (Phi) is 11.6. The summed E-state index contributed by atoms with van der Waals surface area (Å²) in [6.07, 6.45) is 1.93. The summed E-state index contributed by atoms with van der Waals surface area (Å²) in [4.78, 5) is 4.14. The molecule has 138 valence electrons. The van der Waals surface area contributed by atoms with Crippen LogP contribution in [0.25, 0.3) is 0 Å². The van der Waals surface area contributed by atoms with Gasteiger partial charge in [0.05, 0.1) is 6.26 Å². The highest BCUT2D eigenvalue weighted by atomic mass is 127. The van der Waals surface area contributed by atoms with Gasteiger partial charge in [-0.1, -0.05) is 36.7 Å². The van der Waals surface area contributed by atoms with Gasteiger partial charge in [-0.2, -0.15) is 0 Å². The van der Waals surface area contributed by atoms with Crippen molar-refractivity contribution >= 4 is 51.6 Å². The van der Waals surface area contributed by atoms with E-state index in [4.69, 9.17) is 11.6 Å². The first kappa shape index (κ1) is 23.4. The fraction of sp³-hybridized carbons (Fsp3) is 0.533. The Morgan fingerprint density at radius 3 is 2.50 bits per heavy atom. The van der Waals surface area contributed by atoms with Gasteiger partial charge in [0.1, 0.15) is 0 Å². The molecule has 0 aromatic heterocycles. The molecule has 1 aromatic carbocycles. The van der Waals surface area contributed by atoms with Gasteiger partial charge in [0.25, 0.3) is 0 Å². The van der Waals surface area contributed by atoms with Crippen LogP contribution in [0.1, 0.15) is 18.9 Å². The molecule has 0 radical (unpaired) electrons. The molecule has 0 aliphatic carbocycles. The van der Waals surface area contributed by atoms with E-state index in [1.807, 2.05) is 31.2 Å². The van der Waals surface area contributed by atoms with E-state index < -0.39 is 10.0 Å². The molecule has 0 heterocycles. The van der Waals surface area contributed by atoms with Gasteiger partial charge in [0.15, 0.2) is 5.96 Å². The highest BCUT2D eigenvalue weighted by molar-refractivity contribution is 14.0. The number of hydrogen-bond acceptors (Lipinski definition) is 3. The van der Waals surface area contributed by atoms with E-state index in [0.29, 0.717) is 43.6 Å². The first-order chi connectivity index (χ1) is 10.9. The molecule has 0 amide bonds. The number of aliphatic imine (C=N–C) groups is 1. The maximum absolute atomic E-state index is 11.5. The van der Waals surface area contributed by atoms with Crippen molar-refractivity contribution in [3.63, 3.8) is 0 Å². The number of hydrogen-bond donors (Lipinski definition) is 2. The molecule has 0 saturated carbocycles. The molecule has 0 spiro atoms. The fourth-order valence-electron chi connectivity index (χ4n) is 2.06. The summed E-state index contributed by atoms with van der Waals surface area (Å²) in [5.74, 6) is 0.660. The number of benzene rings is 1. The summed E-state index contributed by atoms with van der Waals surface area (Å²) in [7, 11) is -1.44. The molecule has 0 atom stereocenters. The number of nitrogens with zero attached hydrogens (tertiary/aromatic N) is 2. The number of sulfonamides is 1. The quantitative estimate of drug-likeness (QED) is 0.255. The second-order valence-corrected chi connectivity index (χ2v) is 7.44. The fourth-order valence-corrected chi connectivity index (χ4v) is 3.19. The summed E-state index contributed by atoms with van der Waals surface area (Å²) in [5, 5.41) is 7.06. The molecule has 1 rings (SSSR count). The molecular formula is C15H26ClIN4O2S. The van der Waals surface area contributed by atoms with E-state index in [0.717, 1.165) is 5.56 Å². The van der Waals surface area contributed by atoms with Crippen molar-refractivity contribution in [1.82, 2.24) is 14.9 Å². The van der Waals surface area contributed by atoms with Gasteiger partial charge < -0.3 is 10.6 Å². The van der Waals surface area contributed by atoms with Crippen molar-refractivity contribution in [2.45, 2.75) is 19.9 Å². The Bertz CT molecular complexity index is 626. The first-order valence-corrected chi connectivity index (χ1v) is 9.74. The Morgan fingerprint density at radius 2 is 1.96 bits per heavy atom. The number of halogens is 2. The van der Waals surface area contributed by atoms with Crippen LogP contribution in [-0.4, -0.2) is 51.6 Å². The van der Waals surface area contributed by atoms with Crippen molar-refractivity contribution < 1.29 is 8.42 Å². The number of guanidine groups is 1. The molecule has 0 fully saturated rings. The highest BCUT2D eigenvalue weighted by Gasteiger charge is 2.13. The standard InChI is InChI=1S/C15H25ClN4O2S.HI/c1-4-20(23(3,21)22)11-7-10-18-15(17-2)19-12-13-8-5-6-9-14(13)16;/h5-6,8-9H,4,7,10-12H2,1-3H3,(H2,17,18,19);1H. The first-order valence-electron chi connectivity index (χ1n) is 7.51. The summed E-state index contributed by atoms with van der Waals surface area (Å²) in [6.45, 7) is 4.01. The van der Waals surface area contributed by atoms with Crippen LogP contribution in [0.4, 0.5) is 0 Å². The van der Waals surface area contributed by atoms with Crippen LogP contribution in [0.15, 0.2) is 29.3 Å². The number of rotatable bonds is 8. The van der Waals surface area contributed by atoms with Crippen LogP contribution in [0, 0.1) is 0 Å². The van der Waals surface area contributed by atoms with Crippen LogP contribution >= 0.6 is 35.6 Å². The molecule has 1 aromatic rings. The van der Waals surface area contributed by atoms with E-state index in [2.05, 4.69) is 15.6 Å².